The Morgan fingerprint density at radius 3 is 2.53 bits per heavy atom. The smallest absolute Gasteiger partial charge is 0.358 e. The molecule has 4 N–H and O–H groups in total. The van der Waals surface area contributed by atoms with Gasteiger partial charge in [-0.15, -0.1) is 5.10 Å². The molecule has 0 bridgehead atoms. The van der Waals surface area contributed by atoms with Crippen LogP contribution in [0.4, 0.5) is 5.69 Å². The van der Waals surface area contributed by atoms with Crippen LogP contribution in [0.2, 0.25) is 0 Å². The van der Waals surface area contributed by atoms with E-state index in [4.69, 9.17) is 10.9 Å². The van der Waals surface area contributed by atoms with Crippen molar-refractivity contribution in [3.8, 4) is 0 Å². The van der Waals surface area contributed by atoms with E-state index in [9.17, 15) is 4.79 Å². The summed E-state index contributed by atoms with van der Waals surface area (Å²) in [5.41, 5.74) is 2.99. The van der Waals surface area contributed by atoms with Gasteiger partial charge in [0.15, 0.2) is 5.69 Å². The lowest BCUT2D eigenvalue weighted by molar-refractivity contribution is 0.0690. The number of hydrazine groups is 1. The van der Waals surface area contributed by atoms with Crippen molar-refractivity contribution in [1.29, 1.82) is 0 Å². The molecule has 1 aromatic heterocycles. The van der Waals surface area contributed by atoms with Gasteiger partial charge in [-0.2, -0.15) is 5.10 Å². The molecule has 82 valence electrons. The number of rotatable bonds is 2. The first-order valence-corrected chi connectivity index (χ1v) is 4.44. The Bertz CT molecular complexity index is 384. The van der Waals surface area contributed by atoms with Crippen LogP contribution in [0.1, 0.15) is 36.8 Å². The van der Waals surface area contributed by atoms with Crippen LogP contribution in [0, 0.1) is 0 Å². The van der Waals surface area contributed by atoms with Crippen molar-refractivity contribution >= 4 is 11.7 Å². The average molecular weight is 210 g/mol. The maximum atomic E-state index is 10.9. The molecular formula is C9H14N4O2. The summed E-state index contributed by atoms with van der Waals surface area (Å²) in [5, 5.41) is 16.1. The van der Waals surface area contributed by atoms with Gasteiger partial charge < -0.3 is 10.5 Å². The zero-order valence-electron chi connectivity index (χ0n) is 8.90. The zero-order chi connectivity index (χ0) is 11.6. The molecule has 1 aromatic rings. The van der Waals surface area contributed by atoms with Crippen molar-refractivity contribution in [2.75, 3.05) is 5.43 Å². The Kier molecular flexibility index (Phi) is 2.90. The summed E-state index contributed by atoms with van der Waals surface area (Å²) < 4.78 is 0. The van der Waals surface area contributed by atoms with E-state index in [0.29, 0.717) is 5.69 Å². The van der Waals surface area contributed by atoms with Gasteiger partial charge in [-0.25, -0.2) is 4.79 Å². The fraction of sp³-hybridized carbons (Fsp3) is 0.444. The molecule has 0 aliphatic carbocycles. The van der Waals surface area contributed by atoms with Crippen molar-refractivity contribution < 1.29 is 9.90 Å². The van der Waals surface area contributed by atoms with Gasteiger partial charge in [-0.1, -0.05) is 20.8 Å². The standard InChI is InChI=1S/C9H14N4O2/c1-9(2,3)5-4-11-13-7(8(14)15)6(5)12-10/h4H,10H2,1-3H3,(H,11,12)(H,14,15). The van der Waals surface area contributed by atoms with Gasteiger partial charge in [0.05, 0.1) is 11.9 Å². The SMILES string of the molecule is CC(C)(C)c1cnnc(C(=O)O)c1NN. The Labute approximate surface area is 87.5 Å². The molecule has 6 heteroatoms. The molecule has 0 aliphatic heterocycles. The number of hydrogen-bond acceptors (Lipinski definition) is 5. The minimum Gasteiger partial charge on any atom is -0.476 e. The van der Waals surface area contributed by atoms with E-state index in [1.165, 1.54) is 6.20 Å². The number of aromatic nitrogens is 2. The second kappa shape index (κ2) is 3.82. The number of carboxylic acid groups (broad SMARTS) is 1. The van der Waals surface area contributed by atoms with Crippen molar-refractivity contribution in [3.63, 3.8) is 0 Å². The summed E-state index contributed by atoms with van der Waals surface area (Å²) in [6.07, 6.45) is 1.52. The van der Waals surface area contributed by atoms with Crippen LogP contribution < -0.4 is 11.3 Å². The van der Waals surface area contributed by atoms with E-state index in [1.54, 1.807) is 0 Å². The number of carbonyl (C=O) groups is 1. The predicted molar refractivity (Wildman–Crippen MR) is 55.5 cm³/mol. The summed E-state index contributed by atoms with van der Waals surface area (Å²) >= 11 is 0. The summed E-state index contributed by atoms with van der Waals surface area (Å²) in [6, 6.07) is 0. The summed E-state index contributed by atoms with van der Waals surface area (Å²) in [4.78, 5) is 10.9. The molecule has 0 unspecified atom stereocenters. The van der Waals surface area contributed by atoms with E-state index < -0.39 is 5.97 Å². The average Bonchev–Trinajstić information content (AvgIpc) is 2.15. The Hall–Kier alpha value is -1.69. The Balaban J connectivity index is 3.42. The fourth-order valence-corrected chi connectivity index (χ4v) is 1.25. The molecule has 0 aromatic carbocycles. The van der Waals surface area contributed by atoms with Crippen molar-refractivity contribution in [2.45, 2.75) is 26.2 Å². The third-order valence-electron chi connectivity index (χ3n) is 2.01. The molecule has 0 saturated heterocycles. The molecule has 1 rings (SSSR count). The second-order valence-electron chi connectivity index (χ2n) is 4.18. The van der Waals surface area contributed by atoms with Gasteiger partial charge in [0, 0.05) is 5.56 Å². The Morgan fingerprint density at radius 1 is 1.53 bits per heavy atom. The molecule has 0 saturated carbocycles. The molecule has 6 nitrogen and oxygen atoms in total. The maximum Gasteiger partial charge on any atom is 0.358 e. The van der Waals surface area contributed by atoms with Crippen LogP contribution in [0.15, 0.2) is 6.20 Å². The number of aromatic carboxylic acids is 1. The Morgan fingerprint density at radius 2 is 2.13 bits per heavy atom. The van der Waals surface area contributed by atoms with Crippen LogP contribution in [-0.2, 0) is 5.41 Å². The fourth-order valence-electron chi connectivity index (χ4n) is 1.25. The molecular weight excluding hydrogens is 196 g/mol. The second-order valence-corrected chi connectivity index (χ2v) is 4.18. The molecule has 0 radical (unpaired) electrons. The van der Waals surface area contributed by atoms with Crippen LogP contribution in [0.3, 0.4) is 0 Å². The highest BCUT2D eigenvalue weighted by Crippen LogP contribution is 2.29. The van der Waals surface area contributed by atoms with Gasteiger partial charge in [-0.3, -0.25) is 5.84 Å². The first kappa shape index (κ1) is 11.4. The van der Waals surface area contributed by atoms with Crippen LogP contribution >= 0.6 is 0 Å². The molecule has 0 fully saturated rings. The monoisotopic (exact) mass is 210 g/mol. The van der Waals surface area contributed by atoms with Crippen LogP contribution in [0.25, 0.3) is 0 Å². The third kappa shape index (κ3) is 2.21. The van der Waals surface area contributed by atoms with Crippen molar-refractivity contribution in [3.05, 3.63) is 17.5 Å². The van der Waals surface area contributed by atoms with E-state index >= 15 is 0 Å². The normalized spacial score (nSPS) is 11.2. The molecule has 15 heavy (non-hydrogen) atoms. The number of nitrogens with two attached hydrogens (primary N) is 1. The number of nitrogen functional groups attached to an aromatic ring is 1. The van der Waals surface area contributed by atoms with Crippen molar-refractivity contribution in [2.24, 2.45) is 5.84 Å². The lowest BCUT2D eigenvalue weighted by Gasteiger charge is -2.22. The highest BCUT2D eigenvalue weighted by molar-refractivity contribution is 5.92. The molecule has 0 atom stereocenters. The lowest BCUT2D eigenvalue weighted by Crippen LogP contribution is -2.22. The van der Waals surface area contributed by atoms with Gasteiger partial charge in [0.2, 0.25) is 0 Å². The largest absolute Gasteiger partial charge is 0.476 e. The van der Waals surface area contributed by atoms with Crippen molar-refractivity contribution in [1.82, 2.24) is 10.2 Å². The van der Waals surface area contributed by atoms with E-state index in [0.717, 1.165) is 5.56 Å². The first-order chi connectivity index (χ1) is 6.88. The highest BCUT2D eigenvalue weighted by atomic mass is 16.4. The topological polar surface area (TPSA) is 101 Å². The molecule has 0 amide bonds. The summed E-state index contributed by atoms with van der Waals surface area (Å²) in [5.74, 6) is 4.15. The first-order valence-electron chi connectivity index (χ1n) is 4.44. The van der Waals surface area contributed by atoms with Gasteiger partial charge >= 0.3 is 5.97 Å². The summed E-state index contributed by atoms with van der Waals surface area (Å²) in [7, 11) is 0. The minimum atomic E-state index is -1.15. The van der Waals surface area contributed by atoms with Gasteiger partial charge in [-0.05, 0) is 5.41 Å². The zero-order valence-corrected chi connectivity index (χ0v) is 8.90. The van der Waals surface area contributed by atoms with E-state index in [-0.39, 0.29) is 11.1 Å². The maximum absolute atomic E-state index is 10.9. The minimum absolute atomic E-state index is 0.162. The molecule has 1 heterocycles. The number of carboxylic acids is 1. The highest BCUT2D eigenvalue weighted by Gasteiger charge is 2.23. The lowest BCUT2D eigenvalue weighted by atomic mass is 9.87. The number of anilines is 1. The number of nitrogens with zero attached hydrogens (tertiary/aromatic N) is 2. The van der Waals surface area contributed by atoms with Gasteiger partial charge in [0.1, 0.15) is 0 Å². The predicted octanol–water partition coefficient (Wildman–Crippen LogP) is 0.758. The van der Waals surface area contributed by atoms with Gasteiger partial charge in [0.25, 0.3) is 0 Å². The van der Waals surface area contributed by atoms with Crippen LogP contribution in [-0.4, -0.2) is 21.3 Å². The molecule has 0 spiro atoms. The van der Waals surface area contributed by atoms with Crippen LogP contribution in [0.5, 0.6) is 0 Å². The molecule has 0 aliphatic rings. The quantitative estimate of drug-likeness (QED) is 0.492. The third-order valence-corrected chi connectivity index (χ3v) is 2.01. The number of nitrogens with one attached hydrogen (secondary N) is 1. The van der Waals surface area contributed by atoms with E-state index in [2.05, 4.69) is 15.6 Å². The summed E-state index contributed by atoms with van der Waals surface area (Å²) in [6.45, 7) is 5.82. The number of hydrogen-bond donors (Lipinski definition) is 3. The van der Waals surface area contributed by atoms with E-state index in [1.807, 2.05) is 20.8 Å².